The summed E-state index contributed by atoms with van der Waals surface area (Å²) in [5, 5.41) is 9.11. The monoisotopic (exact) mass is 239 g/mol. The zero-order valence-electron chi connectivity index (χ0n) is 10.6. The van der Waals surface area contributed by atoms with Crippen LogP contribution >= 0.6 is 0 Å². The van der Waals surface area contributed by atoms with Crippen LogP contribution in [0.2, 0.25) is 0 Å². The predicted molar refractivity (Wildman–Crippen MR) is 65.5 cm³/mol. The molecule has 0 aromatic carbocycles. The quantitative estimate of drug-likeness (QED) is 0.746. The number of carboxylic acid groups (broad SMARTS) is 1. The van der Waals surface area contributed by atoms with Crippen LogP contribution < -0.4 is 0 Å². The van der Waals surface area contributed by atoms with E-state index in [9.17, 15) is 9.59 Å². The molecule has 96 valence electrons. The van der Waals surface area contributed by atoms with E-state index in [1.165, 1.54) is 0 Å². The van der Waals surface area contributed by atoms with Crippen LogP contribution in [-0.4, -0.2) is 35.5 Å². The van der Waals surface area contributed by atoms with Gasteiger partial charge in [0.15, 0.2) is 0 Å². The van der Waals surface area contributed by atoms with Gasteiger partial charge in [-0.3, -0.25) is 9.59 Å². The fourth-order valence-electron chi connectivity index (χ4n) is 2.15. The summed E-state index contributed by atoms with van der Waals surface area (Å²) in [5.41, 5.74) is 0. The minimum atomic E-state index is -0.864. The number of nitrogens with zero attached hydrogens (tertiary/aromatic N) is 1. The Morgan fingerprint density at radius 1 is 1.29 bits per heavy atom. The van der Waals surface area contributed by atoms with E-state index in [1.807, 2.05) is 12.2 Å². The van der Waals surface area contributed by atoms with Crippen molar-refractivity contribution in [3.63, 3.8) is 0 Å². The molecule has 4 heteroatoms. The molecule has 0 spiro atoms. The molecule has 0 radical (unpaired) electrons. The molecule has 2 atom stereocenters. The minimum Gasteiger partial charge on any atom is -0.481 e. The van der Waals surface area contributed by atoms with Gasteiger partial charge in [-0.25, -0.2) is 0 Å². The lowest BCUT2D eigenvalue weighted by atomic mass is 9.82. The van der Waals surface area contributed by atoms with Gasteiger partial charge in [-0.15, -0.1) is 0 Å². The average molecular weight is 239 g/mol. The lowest BCUT2D eigenvalue weighted by Crippen LogP contribution is -2.40. The third-order valence-electron chi connectivity index (χ3n) is 3.29. The van der Waals surface area contributed by atoms with Crippen LogP contribution in [0.1, 0.15) is 32.6 Å². The molecule has 1 aliphatic carbocycles. The second-order valence-electron chi connectivity index (χ2n) is 4.61. The molecule has 0 bridgehead atoms. The molecule has 1 amide bonds. The van der Waals surface area contributed by atoms with Gasteiger partial charge in [-0.2, -0.15) is 0 Å². The van der Waals surface area contributed by atoms with E-state index in [0.717, 1.165) is 12.8 Å². The Morgan fingerprint density at radius 3 is 2.41 bits per heavy atom. The fraction of sp³-hybridized carbons (Fsp3) is 0.692. The summed E-state index contributed by atoms with van der Waals surface area (Å²) in [4.78, 5) is 24.9. The first-order chi connectivity index (χ1) is 8.07. The Labute approximate surface area is 102 Å². The third kappa shape index (κ3) is 3.58. The summed E-state index contributed by atoms with van der Waals surface area (Å²) in [5.74, 6) is -1.84. The van der Waals surface area contributed by atoms with Crippen LogP contribution in [0.5, 0.6) is 0 Å². The van der Waals surface area contributed by atoms with Crippen molar-refractivity contribution in [2.45, 2.75) is 32.6 Å². The number of unbranched alkanes of at least 4 members (excludes halogenated alkanes) is 1. The van der Waals surface area contributed by atoms with Gasteiger partial charge >= 0.3 is 5.97 Å². The molecule has 4 nitrogen and oxygen atoms in total. The second kappa shape index (κ2) is 6.42. The standard InChI is InChI=1S/C13H21NO3/c1-3-4-9-14(2)12(15)10-7-5-6-8-11(10)13(16)17/h5-6,10-11H,3-4,7-9H2,1-2H3,(H,16,17). The number of rotatable bonds is 5. The molecule has 1 aliphatic rings. The topological polar surface area (TPSA) is 57.6 Å². The summed E-state index contributed by atoms with van der Waals surface area (Å²) in [6.07, 6.45) is 6.77. The van der Waals surface area contributed by atoms with Crippen LogP contribution in [0, 0.1) is 11.8 Å². The fourth-order valence-corrected chi connectivity index (χ4v) is 2.15. The Kier molecular flexibility index (Phi) is 5.19. The van der Waals surface area contributed by atoms with Crippen molar-refractivity contribution in [3.8, 4) is 0 Å². The molecule has 17 heavy (non-hydrogen) atoms. The SMILES string of the molecule is CCCCN(C)C(=O)C1CC=CCC1C(=O)O. The van der Waals surface area contributed by atoms with Gasteiger partial charge in [0.1, 0.15) is 0 Å². The summed E-state index contributed by atoms with van der Waals surface area (Å²) in [6.45, 7) is 2.78. The first kappa shape index (κ1) is 13.7. The molecule has 1 rings (SSSR count). The Morgan fingerprint density at radius 2 is 1.88 bits per heavy atom. The molecule has 1 N–H and O–H groups in total. The number of allylic oxidation sites excluding steroid dienone is 2. The molecule has 2 unspecified atom stereocenters. The normalized spacial score (nSPS) is 23.4. The van der Waals surface area contributed by atoms with Crippen molar-refractivity contribution in [3.05, 3.63) is 12.2 Å². The van der Waals surface area contributed by atoms with Crippen LogP contribution in [0.3, 0.4) is 0 Å². The van der Waals surface area contributed by atoms with Crippen LogP contribution in [0.25, 0.3) is 0 Å². The summed E-state index contributed by atoms with van der Waals surface area (Å²) >= 11 is 0. The summed E-state index contributed by atoms with van der Waals surface area (Å²) in [6, 6.07) is 0. The van der Waals surface area contributed by atoms with Crippen molar-refractivity contribution in [1.29, 1.82) is 0 Å². The van der Waals surface area contributed by atoms with Crippen molar-refractivity contribution in [2.75, 3.05) is 13.6 Å². The number of amides is 1. The van der Waals surface area contributed by atoms with E-state index in [-0.39, 0.29) is 11.8 Å². The third-order valence-corrected chi connectivity index (χ3v) is 3.29. The van der Waals surface area contributed by atoms with Crippen LogP contribution in [0.4, 0.5) is 0 Å². The van der Waals surface area contributed by atoms with Crippen molar-refractivity contribution in [1.82, 2.24) is 4.90 Å². The maximum atomic E-state index is 12.1. The molecule has 0 aliphatic heterocycles. The van der Waals surface area contributed by atoms with E-state index < -0.39 is 11.9 Å². The number of carbonyl (C=O) groups excluding carboxylic acids is 1. The highest BCUT2D eigenvalue weighted by Gasteiger charge is 2.35. The second-order valence-corrected chi connectivity index (χ2v) is 4.61. The number of hydrogen-bond acceptors (Lipinski definition) is 2. The Hall–Kier alpha value is -1.32. The van der Waals surface area contributed by atoms with E-state index in [1.54, 1.807) is 11.9 Å². The van der Waals surface area contributed by atoms with Crippen LogP contribution in [-0.2, 0) is 9.59 Å². The molecule has 0 aromatic rings. The molecule has 0 saturated carbocycles. The highest BCUT2D eigenvalue weighted by molar-refractivity contribution is 5.85. The average Bonchev–Trinajstić information content (AvgIpc) is 2.34. The minimum absolute atomic E-state index is 0.0322. The first-order valence-electron chi connectivity index (χ1n) is 6.20. The molecular weight excluding hydrogens is 218 g/mol. The maximum Gasteiger partial charge on any atom is 0.307 e. The highest BCUT2D eigenvalue weighted by atomic mass is 16.4. The van der Waals surface area contributed by atoms with Crippen LogP contribution in [0.15, 0.2) is 12.2 Å². The van der Waals surface area contributed by atoms with Gasteiger partial charge < -0.3 is 10.0 Å². The van der Waals surface area contributed by atoms with E-state index >= 15 is 0 Å². The first-order valence-corrected chi connectivity index (χ1v) is 6.20. The molecule has 0 heterocycles. The smallest absolute Gasteiger partial charge is 0.307 e. The van der Waals surface area contributed by atoms with Crippen molar-refractivity contribution < 1.29 is 14.7 Å². The van der Waals surface area contributed by atoms with Gasteiger partial charge in [0, 0.05) is 13.6 Å². The van der Waals surface area contributed by atoms with Gasteiger partial charge in [0.25, 0.3) is 0 Å². The molecular formula is C13H21NO3. The Balaban J connectivity index is 2.65. The zero-order chi connectivity index (χ0) is 12.8. The number of aliphatic carboxylic acids is 1. The van der Waals surface area contributed by atoms with Gasteiger partial charge in [-0.05, 0) is 19.3 Å². The molecule has 0 saturated heterocycles. The van der Waals surface area contributed by atoms with E-state index in [2.05, 4.69) is 6.92 Å². The Bertz CT molecular complexity index is 312. The van der Waals surface area contributed by atoms with Gasteiger partial charge in [0.2, 0.25) is 5.91 Å². The summed E-state index contributed by atoms with van der Waals surface area (Å²) < 4.78 is 0. The largest absolute Gasteiger partial charge is 0.481 e. The maximum absolute atomic E-state index is 12.1. The van der Waals surface area contributed by atoms with E-state index in [0.29, 0.717) is 19.4 Å². The summed E-state index contributed by atoms with van der Waals surface area (Å²) in [7, 11) is 1.76. The lowest BCUT2D eigenvalue weighted by molar-refractivity contribution is -0.150. The zero-order valence-corrected chi connectivity index (χ0v) is 10.6. The lowest BCUT2D eigenvalue weighted by Gasteiger charge is -2.28. The van der Waals surface area contributed by atoms with Crippen molar-refractivity contribution >= 4 is 11.9 Å². The van der Waals surface area contributed by atoms with Gasteiger partial charge in [0.05, 0.1) is 11.8 Å². The molecule has 0 aromatic heterocycles. The predicted octanol–water partition coefficient (Wildman–Crippen LogP) is 1.91. The molecule has 0 fully saturated rings. The van der Waals surface area contributed by atoms with Gasteiger partial charge in [-0.1, -0.05) is 25.5 Å². The number of carboxylic acids is 1. The highest BCUT2D eigenvalue weighted by Crippen LogP contribution is 2.27. The van der Waals surface area contributed by atoms with E-state index in [4.69, 9.17) is 5.11 Å². The number of hydrogen-bond donors (Lipinski definition) is 1. The number of carbonyl (C=O) groups is 2. The van der Waals surface area contributed by atoms with Crippen molar-refractivity contribution in [2.24, 2.45) is 11.8 Å².